The van der Waals surface area contributed by atoms with Gasteiger partial charge in [0.25, 0.3) is 0 Å². The number of anilines is 1. The molecule has 0 saturated heterocycles. The van der Waals surface area contributed by atoms with Gasteiger partial charge in [0.15, 0.2) is 11.6 Å². The first-order chi connectivity index (χ1) is 20.3. The number of rotatable bonds is 13. The van der Waals surface area contributed by atoms with E-state index in [1.54, 1.807) is 33.5 Å². The van der Waals surface area contributed by atoms with Crippen LogP contribution in [0.25, 0.3) is 11.4 Å². The van der Waals surface area contributed by atoms with Crippen LogP contribution in [0.4, 0.5) is 5.95 Å². The van der Waals surface area contributed by atoms with Crippen LogP contribution >= 0.6 is 0 Å². The molecule has 0 fully saturated rings. The van der Waals surface area contributed by atoms with Gasteiger partial charge in [0.2, 0.25) is 16.0 Å². The van der Waals surface area contributed by atoms with E-state index in [1.807, 2.05) is 43.5 Å². The topological polar surface area (TPSA) is 131 Å². The summed E-state index contributed by atoms with van der Waals surface area (Å²) in [5.41, 5.74) is 1.52. The summed E-state index contributed by atoms with van der Waals surface area (Å²) < 4.78 is 56.1. The first-order valence-electron chi connectivity index (χ1n) is 14.5. The van der Waals surface area contributed by atoms with E-state index in [2.05, 4.69) is 39.8 Å². The number of sulfonamides is 1. The van der Waals surface area contributed by atoms with Crippen molar-refractivity contribution in [3.8, 4) is 22.9 Å². The molecule has 0 spiro atoms. The molecule has 4 rings (SSSR count). The number of hydrogen-bond acceptors (Lipinski definition) is 10. The molecule has 0 bridgehead atoms. The molecule has 236 valence electrons. The molecule has 3 aromatic rings. The number of aromatic nitrogens is 5. The van der Waals surface area contributed by atoms with Gasteiger partial charge in [-0.05, 0) is 57.5 Å². The Morgan fingerprint density at radius 1 is 1.12 bits per heavy atom. The molecule has 2 aromatic heterocycles. The molecule has 1 aliphatic heterocycles. The van der Waals surface area contributed by atoms with Gasteiger partial charge in [0.1, 0.15) is 29.5 Å². The molecule has 3 atom stereocenters. The summed E-state index contributed by atoms with van der Waals surface area (Å²) in [6, 6.07) is 5.75. The molecule has 1 aromatic carbocycles. The fourth-order valence-electron chi connectivity index (χ4n) is 4.84. The van der Waals surface area contributed by atoms with E-state index in [9.17, 15) is 8.42 Å². The van der Waals surface area contributed by atoms with Gasteiger partial charge in [-0.1, -0.05) is 19.6 Å². The zero-order valence-electron chi connectivity index (χ0n) is 26.6. The van der Waals surface area contributed by atoms with Crippen molar-refractivity contribution in [3.63, 3.8) is 0 Å². The maximum absolute atomic E-state index is 14.7. The smallest absolute Gasteiger partial charge is 0.243 e. The molecule has 3 heterocycles. The van der Waals surface area contributed by atoms with Gasteiger partial charge in [0.05, 0.1) is 31.4 Å². The Hall–Kier alpha value is -3.07. The lowest BCUT2D eigenvalue weighted by molar-refractivity contribution is 0.00139. The first-order valence-corrected chi connectivity index (χ1v) is 19.7. The third-order valence-corrected chi connectivity index (χ3v) is 11.1. The third-order valence-electron chi connectivity index (χ3n) is 7.23. The standard InChI is InChI=1S/C29H44N6O6SSi/c1-19(2)41-26(27-30-15-20(3)16-31-27)21(4)42(36,37)34(12-13-43(7,8)9)29-33-32-28-24-14-23(39-6)10-11-25(24)40-18-22(17-38-5)35(28)29/h10-11,14-16,19,21-22,26H,12-13,17-18H2,1-9H3/t21-,22-,26+/m0/s1. The Balaban J connectivity index is 1.88. The van der Waals surface area contributed by atoms with Crippen molar-refractivity contribution in [3.05, 3.63) is 42.0 Å². The zero-order chi connectivity index (χ0) is 31.5. The molecule has 0 saturated carbocycles. The van der Waals surface area contributed by atoms with Crippen LogP contribution in [-0.2, 0) is 19.5 Å². The SMILES string of the molecule is COC[C@H]1COc2ccc(OC)cc2-c2nnc(N(CC[Si](C)(C)C)S(=O)(=O)[C@@H](C)[C@@H](OC(C)C)c3ncc(C)cn3)n21. The van der Waals surface area contributed by atoms with Gasteiger partial charge in [-0.2, -0.15) is 0 Å². The summed E-state index contributed by atoms with van der Waals surface area (Å²) in [7, 11) is -2.62. The second-order valence-corrected chi connectivity index (χ2v) is 20.2. The van der Waals surface area contributed by atoms with Crippen molar-refractivity contribution in [2.45, 2.75) is 76.9 Å². The number of fused-ring (bicyclic) bond motifs is 3. The van der Waals surface area contributed by atoms with E-state index in [-0.39, 0.29) is 31.8 Å². The normalized spacial score (nSPS) is 16.6. The molecule has 0 unspecified atom stereocenters. The summed E-state index contributed by atoms with van der Waals surface area (Å²) in [6.07, 6.45) is 2.17. The van der Waals surface area contributed by atoms with E-state index in [4.69, 9.17) is 18.9 Å². The highest BCUT2D eigenvalue weighted by Gasteiger charge is 2.42. The fourth-order valence-corrected chi connectivity index (χ4v) is 7.50. The summed E-state index contributed by atoms with van der Waals surface area (Å²) in [5, 5.41) is 8.03. The number of aryl methyl sites for hydroxylation is 1. The van der Waals surface area contributed by atoms with Crippen LogP contribution in [0.2, 0.25) is 25.7 Å². The molecule has 1 aliphatic rings. The molecule has 12 nitrogen and oxygen atoms in total. The predicted octanol–water partition coefficient (Wildman–Crippen LogP) is 4.66. The largest absolute Gasteiger partial charge is 0.497 e. The van der Waals surface area contributed by atoms with Crippen LogP contribution in [0.15, 0.2) is 30.6 Å². The monoisotopic (exact) mass is 632 g/mol. The van der Waals surface area contributed by atoms with E-state index in [1.165, 1.54) is 4.31 Å². The Labute approximate surface area is 255 Å². The molecule has 0 aliphatic carbocycles. The number of methoxy groups -OCH3 is 2. The van der Waals surface area contributed by atoms with E-state index in [0.29, 0.717) is 34.8 Å². The molecule has 0 N–H and O–H groups in total. The van der Waals surface area contributed by atoms with Gasteiger partial charge in [-0.3, -0.25) is 4.57 Å². The third kappa shape index (κ3) is 7.36. The van der Waals surface area contributed by atoms with Crippen molar-refractivity contribution >= 4 is 24.0 Å². The lowest BCUT2D eigenvalue weighted by Crippen LogP contribution is -2.45. The lowest BCUT2D eigenvalue weighted by Gasteiger charge is -2.33. The number of benzene rings is 1. The average Bonchev–Trinajstić information content (AvgIpc) is 3.31. The van der Waals surface area contributed by atoms with Gasteiger partial charge >= 0.3 is 0 Å². The second-order valence-electron chi connectivity index (χ2n) is 12.3. The highest BCUT2D eigenvalue weighted by Crippen LogP contribution is 2.40. The number of ether oxygens (including phenoxy) is 4. The van der Waals surface area contributed by atoms with Crippen molar-refractivity contribution in [2.75, 3.05) is 38.3 Å². The van der Waals surface area contributed by atoms with Gasteiger partial charge < -0.3 is 18.9 Å². The minimum absolute atomic E-state index is 0.203. The Bertz CT molecular complexity index is 1490. The second kappa shape index (κ2) is 13.3. The summed E-state index contributed by atoms with van der Waals surface area (Å²) in [6.45, 7) is 14.6. The highest BCUT2D eigenvalue weighted by atomic mass is 32.2. The van der Waals surface area contributed by atoms with Crippen molar-refractivity contribution < 1.29 is 27.4 Å². The maximum Gasteiger partial charge on any atom is 0.243 e. The molecular weight excluding hydrogens is 589 g/mol. The fraction of sp³-hybridized carbons (Fsp3) is 0.586. The molecule has 0 radical (unpaired) electrons. The van der Waals surface area contributed by atoms with Gasteiger partial charge in [0, 0.05) is 34.1 Å². The molecular formula is C29H44N6O6SSi. The summed E-state index contributed by atoms with van der Waals surface area (Å²) >= 11 is 0. The highest BCUT2D eigenvalue weighted by molar-refractivity contribution is 7.93. The van der Waals surface area contributed by atoms with Crippen LogP contribution < -0.4 is 13.8 Å². The molecule has 0 amide bonds. The van der Waals surface area contributed by atoms with Crippen LogP contribution in [0.3, 0.4) is 0 Å². The summed E-state index contributed by atoms with van der Waals surface area (Å²) in [4.78, 5) is 8.89. The van der Waals surface area contributed by atoms with Crippen LogP contribution in [0.5, 0.6) is 11.5 Å². The lowest BCUT2D eigenvalue weighted by atomic mass is 10.1. The number of nitrogens with zero attached hydrogens (tertiary/aromatic N) is 6. The van der Waals surface area contributed by atoms with Crippen LogP contribution in [0.1, 0.15) is 44.3 Å². The Morgan fingerprint density at radius 2 is 1.81 bits per heavy atom. The first kappa shape index (κ1) is 32.8. The van der Waals surface area contributed by atoms with Crippen molar-refractivity contribution in [1.29, 1.82) is 0 Å². The predicted molar refractivity (Wildman–Crippen MR) is 168 cm³/mol. The van der Waals surface area contributed by atoms with E-state index >= 15 is 0 Å². The van der Waals surface area contributed by atoms with E-state index in [0.717, 1.165) is 5.56 Å². The summed E-state index contributed by atoms with van der Waals surface area (Å²) in [5.74, 6) is 2.21. The van der Waals surface area contributed by atoms with Gasteiger partial charge in [-0.15, -0.1) is 10.2 Å². The Kier molecular flexibility index (Phi) is 10.1. The van der Waals surface area contributed by atoms with E-state index < -0.39 is 35.5 Å². The quantitative estimate of drug-likeness (QED) is 0.245. The van der Waals surface area contributed by atoms with Crippen molar-refractivity contribution in [2.24, 2.45) is 0 Å². The molecule has 14 heteroatoms. The Morgan fingerprint density at radius 3 is 2.42 bits per heavy atom. The minimum atomic E-state index is -4.10. The van der Waals surface area contributed by atoms with Gasteiger partial charge in [-0.25, -0.2) is 22.7 Å². The zero-order valence-corrected chi connectivity index (χ0v) is 28.4. The minimum Gasteiger partial charge on any atom is -0.497 e. The van der Waals surface area contributed by atoms with Crippen LogP contribution in [0, 0.1) is 6.92 Å². The van der Waals surface area contributed by atoms with Crippen LogP contribution in [-0.4, -0.2) is 86.6 Å². The molecule has 43 heavy (non-hydrogen) atoms. The average molecular weight is 633 g/mol. The maximum atomic E-state index is 14.7. The van der Waals surface area contributed by atoms with Crippen molar-refractivity contribution in [1.82, 2.24) is 24.7 Å². The number of hydrogen-bond donors (Lipinski definition) is 0.